The summed E-state index contributed by atoms with van der Waals surface area (Å²) in [7, 11) is 0. The molecule has 0 bridgehead atoms. The number of nitrogens with one attached hydrogen (secondary N) is 2. The monoisotopic (exact) mass is 347 g/mol. The fraction of sp³-hybridized carbons (Fsp3) is 0.444. The van der Waals surface area contributed by atoms with Gasteiger partial charge in [-0.15, -0.1) is 0 Å². The van der Waals surface area contributed by atoms with Gasteiger partial charge in [0.1, 0.15) is 11.6 Å². The summed E-state index contributed by atoms with van der Waals surface area (Å²) in [5, 5.41) is 9.23. The van der Waals surface area contributed by atoms with Crippen molar-refractivity contribution in [1.29, 1.82) is 0 Å². The van der Waals surface area contributed by atoms with Crippen LogP contribution in [0.15, 0.2) is 36.7 Å². The second kappa shape index (κ2) is 8.62. The third kappa shape index (κ3) is 5.29. The van der Waals surface area contributed by atoms with Crippen molar-refractivity contribution in [3.05, 3.63) is 48.0 Å². The number of hydrogen-bond acceptors (Lipinski definition) is 4. The third-order valence-electron chi connectivity index (χ3n) is 4.32. The number of aromatic nitrogens is 2. The lowest BCUT2D eigenvalue weighted by Crippen LogP contribution is -2.37. The van der Waals surface area contributed by atoms with Gasteiger partial charge in [0.2, 0.25) is 0 Å². The van der Waals surface area contributed by atoms with Gasteiger partial charge in [0.15, 0.2) is 0 Å². The van der Waals surface area contributed by atoms with Gasteiger partial charge in [0.05, 0.1) is 24.5 Å². The molecule has 6 nitrogen and oxygen atoms in total. The molecule has 1 fully saturated rings. The number of benzene rings is 1. The number of carbonyl (C=O) groups is 1. The van der Waals surface area contributed by atoms with Gasteiger partial charge in [-0.05, 0) is 49.4 Å². The number of ether oxygens (including phenoxy) is 2. The molecule has 0 spiro atoms. The number of hydrogen-bond donors (Lipinski definition) is 2. The standard InChI is InChI=1S/C18H22FN3O3/c19-15-2-5-16(6-3-15)24-8-7-13-1-4-17(25-12-13)11-20-18(23)14-9-21-22-10-14/h2-3,5-6,9-10,13,17H,1,4,7-8,11-12H2,(H,20,23)(H,21,22)/t13-,17?/m0/s1. The number of aromatic amines is 1. The van der Waals surface area contributed by atoms with E-state index in [4.69, 9.17) is 9.47 Å². The summed E-state index contributed by atoms with van der Waals surface area (Å²) in [4.78, 5) is 11.8. The molecule has 2 N–H and O–H groups in total. The van der Waals surface area contributed by atoms with Crippen molar-refractivity contribution in [2.45, 2.75) is 25.4 Å². The van der Waals surface area contributed by atoms with Crippen molar-refractivity contribution >= 4 is 5.91 Å². The van der Waals surface area contributed by atoms with E-state index in [1.54, 1.807) is 18.3 Å². The Balaban J connectivity index is 1.30. The van der Waals surface area contributed by atoms with Crippen LogP contribution >= 0.6 is 0 Å². The van der Waals surface area contributed by atoms with Gasteiger partial charge in [0, 0.05) is 19.3 Å². The van der Waals surface area contributed by atoms with Crippen LogP contribution in [0.5, 0.6) is 5.75 Å². The molecule has 0 saturated carbocycles. The van der Waals surface area contributed by atoms with Gasteiger partial charge < -0.3 is 14.8 Å². The van der Waals surface area contributed by atoms with E-state index in [-0.39, 0.29) is 17.8 Å². The summed E-state index contributed by atoms with van der Waals surface area (Å²) in [5.74, 6) is 0.713. The number of nitrogens with zero attached hydrogens (tertiary/aromatic N) is 1. The maximum atomic E-state index is 12.8. The summed E-state index contributed by atoms with van der Waals surface area (Å²) in [6, 6.07) is 6.04. The fourth-order valence-electron chi connectivity index (χ4n) is 2.81. The molecule has 0 aliphatic carbocycles. The van der Waals surface area contributed by atoms with Gasteiger partial charge in [-0.1, -0.05) is 0 Å². The Hall–Kier alpha value is -2.41. The second-order valence-corrected chi connectivity index (χ2v) is 6.19. The predicted octanol–water partition coefficient (Wildman–Crippen LogP) is 2.54. The van der Waals surface area contributed by atoms with E-state index in [0.717, 1.165) is 19.3 Å². The SMILES string of the molecule is O=C(NCC1CC[C@@H](CCOc2ccc(F)cc2)CO1)c1cn[nH]c1. The number of rotatable bonds is 7. The molecule has 1 unspecified atom stereocenters. The smallest absolute Gasteiger partial charge is 0.254 e. The first kappa shape index (κ1) is 17.4. The van der Waals surface area contributed by atoms with Gasteiger partial charge in [-0.2, -0.15) is 5.10 Å². The molecule has 0 radical (unpaired) electrons. The number of halogens is 1. The van der Waals surface area contributed by atoms with Crippen LogP contribution in [0.1, 0.15) is 29.6 Å². The highest BCUT2D eigenvalue weighted by molar-refractivity contribution is 5.93. The van der Waals surface area contributed by atoms with Crippen LogP contribution in [0.25, 0.3) is 0 Å². The highest BCUT2D eigenvalue weighted by atomic mass is 19.1. The van der Waals surface area contributed by atoms with Crippen molar-refractivity contribution < 1.29 is 18.7 Å². The summed E-state index contributed by atoms with van der Waals surface area (Å²) >= 11 is 0. The lowest BCUT2D eigenvalue weighted by Gasteiger charge is -2.29. The number of amides is 1. The predicted molar refractivity (Wildman–Crippen MR) is 89.9 cm³/mol. The number of H-pyrrole nitrogens is 1. The molecule has 1 aromatic heterocycles. The Morgan fingerprint density at radius 2 is 2.20 bits per heavy atom. The van der Waals surface area contributed by atoms with Crippen LogP contribution in [0.3, 0.4) is 0 Å². The van der Waals surface area contributed by atoms with Crippen molar-refractivity contribution in [2.24, 2.45) is 5.92 Å². The average Bonchev–Trinajstić information content (AvgIpc) is 3.17. The Kier molecular flexibility index (Phi) is 6.00. The molecular weight excluding hydrogens is 325 g/mol. The Morgan fingerprint density at radius 3 is 2.88 bits per heavy atom. The van der Waals surface area contributed by atoms with E-state index in [1.807, 2.05) is 0 Å². The molecule has 3 rings (SSSR count). The van der Waals surface area contributed by atoms with E-state index in [2.05, 4.69) is 15.5 Å². The zero-order chi connectivity index (χ0) is 17.5. The molecule has 1 aliphatic heterocycles. The van der Waals surface area contributed by atoms with Crippen molar-refractivity contribution in [2.75, 3.05) is 19.8 Å². The third-order valence-corrected chi connectivity index (χ3v) is 4.32. The molecule has 25 heavy (non-hydrogen) atoms. The molecule has 1 aromatic carbocycles. The van der Waals surface area contributed by atoms with E-state index < -0.39 is 0 Å². The molecule has 1 saturated heterocycles. The van der Waals surface area contributed by atoms with Gasteiger partial charge >= 0.3 is 0 Å². The zero-order valence-electron chi connectivity index (χ0n) is 13.9. The second-order valence-electron chi connectivity index (χ2n) is 6.19. The van der Waals surface area contributed by atoms with Crippen LogP contribution < -0.4 is 10.1 Å². The van der Waals surface area contributed by atoms with Crippen molar-refractivity contribution in [1.82, 2.24) is 15.5 Å². The molecule has 2 aromatic rings. The summed E-state index contributed by atoms with van der Waals surface area (Å²) in [6.07, 6.45) is 5.95. The van der Waals surface area contributed by atoms with Crippen LogP contribution in [0.2, 0.25) is 0 Å². The molecule has 2 atom stereocenters. The van der Waals surface area contributed by atoms with Crippen LogP contribution in [0.4, 0.5) is 4.39 Å². The fourth-order valence-corrected chi connectivity index (χ4v) is 2.81. The van der Waals surface area contributed by atoms with Crippen molar-refractivity contribution in [3.8, 4) is 5.75 Å². The maximum Gasteiger partial charge on any atom is 0.254 e. The molecular formula is C18H22FN3O3. The minimum absolute atomic E-state index is 0.0464. The molecule has 2 heterocycles. The quantitative estimate of drug-likeness (QED) is 0.807. The molecule has 1 aliphatic rings. The summed E-state index contributed by atoms with van der Waals surface area (Å²) in [6.45, 7) is 1.75. The van der Waals surface area contributed by atoms with E-state index in [0.29, 0.717) is 37.0 Å². The minimum Gasteiger partial charge on any atom is -0.494 e. The van der Waals surface area contributed by atoms with Gasteiger partial charge in [0.25, 0.3) is 5.91 Å². The summed E-state index contributed by atoms with van der Waals surface area (Å²) < 4.78 is 24.3. The Bertz CT molecular complexity index is 653. The highest BCUT2D eigenvalue weighted by Crippen LogP contribution is 2.22. The van der Waals surface area contributed by atoms with Crippen LogP contribution in [-0.4, -0.2) is 42.0 Å². The molecule has 134 valence electrons. The van der Waals surface area contributed by atoms with E-state index in [9.17, 15) is 9.18 Å². The van der Waals surface area contributed by atoms with Gasteiger partial charge in [-0.25, -0.2) is 4.39 Å². The first-order valence-electron chi connectivity index (χ1n) is 8.47. The topological polar surface area (TPSA) is 76.2 Å². The Morgan fingerprint density at radius 1 is 1.36 bits per heavy atom. The molecule has 1 amide bonds. The minimum atomic E-state index is -0.265. The largest absolute Gasteiger partial charge is 0.494 e. The lowest BCUT2D eigenvalue weighted by molar-refractivity contribution is -0.0187. The number of carbonyl (C=O) groups excluding carboxylic acids is 1. The van der Waals surface area contributed by atoms with E-state index in [1.165, 1.54) is 18.3 Å². The normalized spacial score (nSPS) is 20.2. The first-order chi connectivity index (χ1) is 12.2. The lowest BCUT2D eigenvalue weighted by atomic mass is 9.95. The van der Waals surface area contributed by atoms with Gasteiger partial charge in [-0.3, -0.25) is 9.89 Å². The first-order valence-corrected chi connectivity index (χ1v) is 8.47. The maximum absolute atomic E-state index is 12.8. The van der Waals surface area contributed by atoms with Crippen LogP contribution in [0, 0.1) is 11.7 Å². The average molecular weight is 347 g/mol. The van der Waals surface area contributed by atoms with E-state index >= 15 is 0 Å². The highest BCUT2D eigenvalue weighted by Gasteiger charge is 2.22. The van der Waals surface area contributed by atoms with Crippen molar-refractivity contribution in [3.63, 3.8) is 0 Å². The summed E-state index contributed by atoms with van der Waals surface area (Å²) in [5.41, 5.74) is 0.520. The zero-order valence-corrected chi connectivity index (χ0v) is 13.9. The van der Waals surface area contributed by atoms with Crippen LogP contribution in [-0.2, 0) is 4.74 Å². The Labute approximate surface area is 145 Å². The molecule has 7 heteroatoms.